The number of hydrogen-bond donors (Lipinski definition) is 2. The van der Waals surface area contributed by atoms with Gasteiger partial charge in [0.05, 0.1) is 18.5 Å². The zero-order valence-corrected chi connectivity index (χ0v) is 14.3. The SMILES string of the molecule is CC[PH+](CC)CC.O=C(O)CC([S-])C(=O)O.[Au+]. The van der Waals surface area contributed by atoms with Crippen LogP contribution in [0.3, 0.4) is 0 Å². The molecule has 0 saturated carbocycles. The molecule has 7 heteroatoms. The minimum absolute atomic E-state index is 0. The predicted octanol–water partition coefficient (Wildman–Crippen LogP) is 1.72. The molecule has 0 rings (SSSR count). The van der Waals surface area contributed by atoms with E-state index in [1.165, 1.54) is 18.5 Å². The number of rotatable bonds is 6. The molecular formula is C10H21AuO4PS+. The number of carbonyl (C=O) groups is 2. The van der Waals surface area contributed by atoms with Crippen LogP contribution in [0.15, 0.2) is 0 Å². The van der Waals surface area contributed by atoms with Crippen molar-refractivity contribution in [3.8, 4) is 0 Å². The molecule has 0 bridgehead atoms. The van der Waals surface area contributed by atoms with Gasteiger partial charge in [-0.2, -0.15) is 0 Å². The summed E-state index contributed by atoms with van der Waals surface area (Å²) >= 11 is 4.26. The topological polar surface area (TPSA) is 74.6 Å². The van der Waals surface area contributed by atoms with E-state index in [0.717, 1.165) is 0 Å². The van der Waals surface area contributed by atoms with Crippen LogP contribution in [0.5, 0.6) is 0 Å². The Kier molecular flexibility index (Phi) is 19.3. The van der Waals surface area contributed by atoms with E-state index in [0.29, 0.717) is 0 Å². The summed E-state index contributed by atoms with van der Waals surface area (Å²) in [5.74, 6) is -2.44. The third-order valence-electron chi connectivity index (χ3n) is 2.14. The Morgan fingerprint density at radius 2 is 1.47 bits per heavy atom. The van der Waals surface area contributed by atoms with Gasteiger partial charge in [0.1, 0.15) is 0 Å². The molecule has 0 aromatic rings. The van der Waals surface area contributed by atoms with Crippen LogP contribution in [0.25, 0.3) is 0 Å². The van der Waals surface area contributed by atoms with Gasteiger partial charge in [0.25, 0.3) is 5.97 Å². The molecule has 0 saturated heterocycles. The monoisotopic (exact) mass is 465 g/mol. The third-order valence-corrected chi connectivity index (χ3v) is 5.50. The minimum atomic E-state index is -1.26. The van der Waals surface area contributed by atoms with Crippen molar-refractivity contribution in [1.29, 1.82) is 0 Å². The van der Waals surface area contributed by atoms with Gasteiger partial charge in [-0.05, 0) is 28.7 Å². The molecule has 106 valence electrons. The number of carboxylic acids is 2. The second-order valence-corrected chi connectivity index (χ2v) is 7.43. The van der Waals surface area contributed by atoms with Gasteiger partial charge in [0, 0.05) is 6.42 Å². The fourth-order valence-corrected chi connectivity index (χ4v) is 2.64. The van der Waals surface area contributed by atoms with Crippen LogP contribution in [0.1, 0.15) is 27.2 Å². The fraction of sp³-hybridized carbons (Fsp3) is 0.800. The van der Waals surface area contributed by atoms with Crippen LogP contribution < -0.4 is 0 Å². The summed E-state index contributed by atoms with van der Waals surface area (Å²) in [6.07, 6.45) is 3.87. The summed E-state index contributed by atoms with van der Waals surface area (Å²) in [4.78, 5) is 19.7. The van der Waals surface area contributed by atoms with Gasteiger partial charge in [0.2, 0.25) is 0 Å². The summed E-state index contributed by atoms with van der Waals surface area (Å²) in [5.41, 5.74) is 0. The number of aliphatic carboxylic acids is 2. The average Bonchev–Trinajstić information content (AvgIpc) is 2.20. The second kappa shape index (κ2) is 14.5. The average molecular weight is 465 g/mol. The first kappa shape index (κ1) is 22.6. The summed E-state index contributed by atoms with van der Waals surface area (Å²) in [6.45, 7) is 6.92. The molecule has 0 fully saturated rings. The summed E-state index contributed by atoms with van der Waals surface area (Å²) < 4.78 is 0. The van der Waals surface area contributed by atoms with Gasteiger partial charge < -0.3 is 22.8 Å². The molecule has 0 aliphatic heterocycles. The first-order valence-corrected chi connectivity index (χ1v) is 7.92. The Bertz CT molecular complexity index is 207. The van der Waals surface area contributed by atoms with E-state index in [4.69, 9.17) is 10.2 Å². The van der Waals surface area contributed by atoms with E-state index in [1.807, 2.05) is 0 Å². The number of carboxylic acid groups (broad SMARTS) is 2. The normalized spacial score (nSPS) is 10.9. The minimum Gasteiger partial charge on any atom is -0.778 e. The van der Waals surface area contributed by atoms with Crippen molar-refractivity contribution in [3.63, 3.8) is 0 Å². The molecule has 0 radical (unpaired) electrons. The second-order valence-electron chi connectivity index (χ2n) is 3.24. The van der Waals surface area contributed by atoms with Crippen molar-refractivity contribution in [1.82, 2.24) is 0 Å². The molecule has 4 nitrogen and oxygen atoms in total. The molecule has 0 aliphatic rings. The van der Waals surface area contributed by atoms with Crippen molar-refractivity contribution in [3.05, 3.63) is 0 Å². The first-order valence-electron chi connectivity index (χ1n) is 5.32. The van der Waals surface area contributed by atoms with E-state index in [-0.39, 0.29) is 30.3 Å². The van der Waals surface area contributed by atoms with Gasteiger partial charge in [0.15, 0.2) is 0 Å². The van der Waals surface area contributed by atoms with Crippen LogP contribution in [-0.2, 0) is 44.6 Å². The quantitative estimate of drug-likeness (QED) is 0.355. The molecule has 0 amide bonds. The van der Waals surface area contributed by atoms with Crippen molar-refractivity contribution < 1.29 is 42.2 Å². The van der Waals surface area contributed by atoms with Gasteiger partial charge in [-0.3, -0.25) is 9.59 Å². The van der Waals surface area contributed by atoms with Gasteiger partial charge >= 0.3 is 28.3 Å². The molecule has 2 N–H and O–H groups in total. The van der Waals surface area contributed by atoms with Crippen molar-refractivity contribution in [2.24, 2.45) is 0 Å². The maximum atomic E-state index is 9.87. The Morgan fingerprint density at radius 3 is 1.53 bits per heavy atom. The molecule has 0 heterocycles. The van der Waals surface area contributed by atoms with Crippen LogP contribution in [0.4, 0.5) is 0 Å². The largest absolute Gasteiger partial charge is 1.00 e. The maximum absolute atomic E-state index is 9.87. The van der Waals surface area contributed by atoms with Crippen LogP contribution in [0.2, 0.25) is 0 Å². The van der Waals surface area contributed by atoms with Gasteiger partial charge in [-0.25, -0.2) is 0 Å². The molecule has 17 heavy (non-hydrogen) atoms. The summed E-state index contributed by atoms with van der Waals surface area (Å²) in [7, 11) is 0.137. The van der Waals surface area contributed by atoms with Crippen molar-refractivity contribution in [2.45, 2.75) is 32.4 Å². The molecule has 0 aromatic carbocycles. The maximum Gasteiger partial charge on any atom is 1.00 e. The molecule has 1 unspecified atom stereocenters. The van der Waals surface area contributed by atoms with Gasteiger partial charge in [-0.1, -0.05) is 5.25 Å². The Morgan fingerprint density at radius 1 is 1.12 bits per heavy atom. The zero-order valence-electron chi connectivity index (χ0n) is 10.3. The molecule has 0 spiro atoms. The molecule has 1 atom stereocenters. The van der Waals surface area contributed by atoms with Crippen molar-refractivity contribution >= 4 is 32.5 Å². The summed E-state index contributed by atoms with van der Waals surface area (Å²) in [6, 6.07) is 0. The number of hydrogen-bond acceptors (Lipinski definition) is 3. The summed E-state index contributed by atoms with van der Waals surface area (Å²) in [5, 5.41) is 14.9. The fourth-order valence-electron chi connectivity index (χ4n) is 0.996. The van der Waals surface area contributed by atoms with E-state index < -0.39 is 23.6 Å². The zero-order chi connectivity index (χ0) is 13.1. The molecule has 0 aromatic heterocycles. The molecule has 0 aliphatic carbocycles. The first-order chi connectivity index (χ1) is 7.38. The van der Waals surface area contributed by atoms with Crippen molar-refractivity contribution in [2.75, 3.05) is 18.5 Å². The van der Waals surface area contributed by atoms with E-state index in [2.05, 4.69) is 33.4 Å². The smallest absolute Gasteiger partial charge is 0.778 e. The van der Waals surface area contributed by atoms with Crippen LogP contribution in [0, 0.1) is 0 Å². The van der Waals surface area contributed by atoms with E-state index in [1.54, 1.807) is 0 Å². The molecular weight excluding hydrogens is 444 g/mol. The Hall–Kier alpha value is 0.460. The third kappa shape index (κ3) is 16.5. The standard InChI is InChI=1S/C6H15P.C4H6O4S.Au/c1-4-7(5-2)6-3;5-3(6)1-2(9)4(7)8;/h4-6H2,1-3H3;2,9H,1H2,(H,5,6)(H,7,8);/q;;+1. The van der Waals surface area contributed by atoms with E-state index >= 15 is 0 Å². The Balaban J connectivity index is -0.000000224. The predicted molar refractivity (Wildman–Crippen MR) is 71.0 cm³/mol. The van der Waals surface area contributed by atoms with E-state index in [9.17, 15) is 9.59 Å². The van der Waals surface area contributed by atoms with Gasteiger partial charge in [-0.15, -0.1) is 0 Å². The Labute approximate surface area is 125 Å². The van der Waals surface area contributed by atoms with Crippen LogP contribution in [-0.4, -0.2) is 45.9 Å². The van der Waals surface area contributed by atoms with Crippen LogP contribution >= 0.6 is 7.92 Å².